The smallest absolute Gasteiger partial charge is 0.323 e. The summed E-state index contributed by atoms with van der Waals surface area (Å²) >= 11 is 0. The molecule has 0 amide bonds. The number of nitrogens with one attached hydrogen (secondary N) is 1. The number of rotatable bonds is 5. The molecule has 0 spiro atoms. The van der Waals surface area contributed by atoms with E-state index in [2.05, 4.69) is 11.9 Å². The first kappa shape index (κ1) is 14.0. The monoisotopic (exact) mass is 245 g/mol. The maximum absolute atomic E-state index is 10.7. The van der Waals surface area contributed by atoms with Crippen LogP contribution >= 0.6 is 15.2 Å². The van der Waals surface area contributed by atoms with Gasteiger partial charge in [0.2, 0.25) is 5.52 Å². The highest BCUT2D eigenvalue weighted by atomic mass is 31.2. The molecule has 0 aromatic carbocycles. The van der Waals surface area contributed by atoms with Crippen molar-refractivity contribution in [1.82, 2.24) is 5.32 Å². The lowest BCUT2D eigenvalue weighted by Crippen LogP contribution is -2.35. The van der Waals surface area contributed by atoms with E-state index in [-0.39, 0.29) is 0 Å². The van der Waals surface area contributed by atoms with E-state index in [1.54, 1.807) is 0 Å². The summed E-state index contributed by atoms with van der Waals surface area (Å²) in [5.41, 5.74) is -2.18. The summed E-state index contributed by atoms with van der Waals surface area (Å²) in [7, 11) is -9.77. The molecule has 5 N–H and O–H groups in total. The van der Waals surface area contributed by atoms with E-state index in [1.165, 1.54) is 13.0 Å². The fourth-order valence-electron chi connectivity index (χ4n) is 0.693. The standard InChI is InChI=1S/C5H13NO6P2/c1-3-4(2)6-5(13(7,8)9)14(10,11)12/h3-6H,1H2,2H3,(H2,7,8,9)(H2,10,11,12). The maximum Gasteiger partial charge on any atom is 0.354 e. The largest absolute Gasteiger partial charge is 0.354 e. The topological polar surface area (TPSA) is 127 Å². The van der Waals surface area contributed by atoms with Crippen molar-refractivity contribution >= 4 is 15.2 Å². The minimum Gasteiger partial charge on any atom is -0.323 e. The van der Waals surface area contributed by atoms with Gasteiger partial charge in [-0.05, 0) is 6.92 Å². The normalized spacial score (nSPS) is 15.6. The Bertz CT molecular complexity index is 271. The first-order valence-electron chi connectivity index (χ1n) is 3.58. The van der Waals surface area contributed by atoms with Gasteiger partial charge in [0.15, 0.2) is 0 Å². The molecule has 0 saturated carbocycles. The lowest BCUT2D eigenvalue weighted by molar-refractivity contribution is 0.325. The fraction of sp³-hybridized carbons (Fsp3) is 0.600. The second-order valence-electron chi connectivity index (χ2n) is 2.74. The van der Waals surface area contributed by atoms with E-state index < -0.39 is 26.8 Å². The Balaban J connectivity index is 4.86. The van der Waals surface area contributed by atoms with Gasteiger partial charge in [-0.3, -0.25) is 14.4 Å². The Morgan fingerprint density at radius 2 is 1.57 bits per heavy atom. The van der Waals surface area contributed by atoms with Crippen LogP contribution in [-0.4, -0.2) is 31.1 Å². The SMILES string of the molecule is C=CC(C)NC(P(=O)(O)O)P(=O)(O)O. The second-order valence-corrected chi connectivity index (χ2v) is 6.54. The number of hydrogen-bond acceptors (Lipinski definition) is 3. The summed E-state index contributed by atoms with van der Waals surface area (Å²) < 4.78 is 21.5. The Morgan fingerprint density at radius 1 is 1.21 bits per heavy atom. The van der Waals surface area contributed by atoms with Crippen LogP contribution in [0.2, 0.25) is 0 Å². The van der Waals surface area contributed by atoms with E-state index in [1.807, 2.05) is 0 Å². The van der Waals surface area contributed by atoms with Gasteiger partial charge in [-0.25, -0.2) is 0 Å². The minimum absolute atomic E-state index is 0.611. The van der Waals surface area contributed by atoms with Crippen molar-refractivity contribution in [3.8, 4) is 0 Å². The molecule has 7 nitrogen and oxygen atoms in total. The highest BCUT2D eigenvalue weighted by molar-refractivity contribution is 7.70. The fourth-order valence-corrected chi connectivity index (χ4v) is 3.12. The van der Waals surface area contributed by atoms with Gasteiger partial charge < -0.3 is 19.6 Å². The Hall–Kier alpha value is -0.0000000000000000416. The van der Waals surface area contributed by atoms with Gasteiger partial charge in [-0.15, -0.1) is 6.58 Å². The molecule has 9 heteroatoms. The zero-order valence-electron chi connectivity index (χ0n) is 7.44. The molecule has 0 aromatic heterocycles. The van der Waals surface area contributed by atoms with Gasteiger partial charge in [0.25, 0.3) is 0 Å². The van der Waals surface area contributed by atoms with Crippen molar-refractivity contribution in [2.45, 2.75) is 18.5 Å². The first-order chi connectivity index (χ1) is 6.09. The van der Waals surface area contributed by atoms with E-state index in [9.17, 15) is 9.13 Å². The van der Waals surface area contributed by atoms with Gasteiger partial charge in [-0.2, -0.15) is 0 Å². The molecule has 0 saturated heterocycles. The Morgan fingerprint density at radius 3 is 1.79 bits per heavy atom. The van der Waals surface area contributed by atoms with Crippen LogP contribution in [0.1, 0.15) is 6.92 Å². The summed E-state index contributed by atoms with van der Waals surface area (Å²) in [5.74, 6) is 0. The van der Waals surface area contributed by atoms with Crippen LogP contribution in [0, 0.1) is 0 Å². The molecule has 1 unspecified atom stereocenters. The molecule has 84 valence electrons. The van der Waals surface area contributed by atoms with E-state index >= 15 is 0 Å². The summed E-state index contributed by atoms with van der Waals surface area (Å²) in [4.78, 5) is 34.7. The van der Waals surface area contributed by atoms with Gasteiger partial charge in [0, 0.05) is 6.04 Å². The average Bonchev–Trinajstić information content (AvgIpc) is 1.95. The molecule has 0 bridgehead atoms. The third-order valence-electron chi connectivity index (χ3n) is 1.40. The molecule has 0 aliphatic carbocycles. The first-order valence-corrected chi connectivity index (χ1v) is 6.94. The van der Waals surface area contributed by atoms with E-state index in [0.717, 1.165) is 0 Å². The molecule has 0 heterocycles. The zero-order valence-corrected chi connectivity index (χ0v) is 9.23. The molecular weight excluding hydrogens is 232 g/mol. The molecule has 0 aromatic rings. The van der Waals surface area contributed by atoms with Crippen LogP contribution < -0.4 is 5.32 Å². The average molecular weight is 245 g/mol. The lowest BCUT2D eigenvalue weighted by Gasteiger charge is -2.22. The lowest BCUT2D eigenvalue weighted by atomic mass is 10.3. The molecule has 0 radical (unpaired) electrons. The number of hydrogen-bond donors (Lipinski definition) is 5. The quantitative estimate of drug-likeness (QED) is 0.335. The van der Waals surface area contributed by atoms with E-state index in [0.29, 0.717) is 0 Å². The summed E-state index contributed by atoms with van der Waals surface area (Å²) in [6, 6.07) is -0.611. The van der Waals surface area contributed by atoms with Gasteiger partial charge in [0.1, 0.15) is 0 Å². The van der Waals surface area contributed by atoms with Crippen molar-refractivity contribution in [1.29, 1.82) is 0 Å². The Kier molecular flexibility index (Phi) is 4.68. The molecule has 1 atom stereocenters. The molecule has 0 aliphatic rings. The summed E-state index contributed by atoms with van der Waals surface area (Å²) in [6.45, 7) is 4.77. The van der Waals surface area contributed by atoms with Gasteiger partial charge >= 0.3 is 15.2 Å². The van der Waals surface area contributed by atoms with Crippen LogP contribution in [0.5, 0.6) is 0 Å². The molecule has 0 aliphatic heterocycles. The highest BCUT2D eigenvalue weighted by Crippen LogP contribution is 2.58. The van der Waals surface area contributed by atoms with Crippen LogP contribution in [0.25, 0.3) is 0 Å². The molecule has 14 heavy (non-hydrogen) atoms. The van der Waals surface area contributed by atoms with Crippen LogP contribution in [-0.2, 0) is 9.13 Å². The molecular formula is C5H13NO6P2. The highest BCUT2D eigenvalue weighted by Gasteiger charge is 2.43. The maximum atomic E-state index is 10.7. The summed E-state index contributed by atoms with van der Waals surface area (Å²) in [6.07, 6.45) is 1.28. The van der Waals surface area contributed by atoms with Crippen LogP contribution in [0.4, 0.5) is 0 Å². The second kappa shape index (κ2) is 4.68. The van der Waals surface area contributed by atoms with Crippen LogP contribution in [0.15, 0.2) is 12.7 Å². The van der Waals surface area contributed by atoms with Gasteiger partial charge in [0.05, 0.1) is 0 Å². The predicted octanol–water partition coefficient (Wildman–Crippen LogP) is -0.211. The zero-order chi connectivity index (χ0) is 11.6. The predicted molar refractivity (Wildman–Crippen MR) is 50.7 cm³/mol. The van der Waals surface area contributed by atoms with Crippen molar-refractivity contribution in [3.05, 3.63) is 12.7 Å². The summed E-state index contributed by atoms with van der Waals surface area (Å²) in [5, 5.41) is 2.10. The molecule has 0 fully saturated rings. The van der Waals surface area contributed by atoms with Crippen molar-refractivity contribution in [2.75, 3.05) is 0 Å². The van der Waals surface area contributed by atoms with Crippen molar-refractivity contribution in [2.24, 2.45) is 0 Å². The van der Waals surface area contributed by atoms with Crippen LogP contribution in [0.3, 0.4) is 0 Å². The minimum atomic E-state index is -4.89. The third kappa shape index (κ3) is 4.48. The van der Waals surface area contributed by atoms with Crippen molar-refractivity contribution < 1.29 is 28.7 Å². The molecule has 0 rings (SSSR count). The van der Waals surface area contributed by atoms with Gasteiger partial charge in [-0.1, -0.05) is 6.08 Å². The van der Waals surface area contributed by atoms with Crippen molar-refractivity contribution in [3.63, 3.8) is 0 Å². The Labute approximate surface area is 81.2 Å². The third-order valence-corrected chi connectivity index (χ3v) is 4.78. The van der Waals surface area contributed by atoms with E-state index in [4.69, 9.17) is 19.6 Å².